The monoisotopic (exact) mass is 273 g/mol. The molecule has 0 aliphatic carbocycles. The summed E-state index contributed by atoms with van der Waals surface area (Å²) in [5, 5.41) is 0. The molecule has 0 unspecified atom stereocenters. The molecule has 0 saturated heterocycles. The SMILES string of the molecule is CCn1ccnc(N(C)CCOc2ccccc2)c1=O. The molecule has 0 amide bonds. The van der Waals surface area contributed by atoms with Crippen LogP contribution in [0.3, 0.4) is 0 Å². The zero-order valence-electron chi connectivity index (χ0n) is 11.8. The maximum Gasteiger partial charge on any atom is 0.293 e. The first-order valence-corrected chi connectivity index (χ1v) is 6.66. The molecule has 1 aromatic carbocycles. The Labute approximate surface area is 118 Å². The predicted molar refractivity (Wildman–Crippen MR) is 79.4 cm³/mol. The lowest BCUT2D eigenvalue weighted by Gasteiger charge is -2.18. The molecule has 0 radical (unpaired) electrons. The van der Waals surface area contributed by atoms with Crippen molar-refractivity contribution in [2.75, 3.05) is 25.1 Å². The van der Waals surface area contributed by atoms with Crippen molar-refractivity contribution in [2.24, 2.45) is 0 Å². The highest BCUT2D eigenvalue weighted by Crippen LogP contribution is 2.08. The Bertz CT molecular complexity index is 596. The van der Waals surface area contributed by atoms with E-state index >= 15 is 0 Å². The lowest BCUT2D eigenvalue weighted by molar-refractivity contribution is 0.325. The number of para-hydroxylation sites is 1. The minimum absolute atomic E-state index is 0.0720. The van der Waals surface area contributed by atoms with Gasteiger partial charge in [0.25, 0.3) is 5.56 Å². The first-order valence-electron chi connectivity index (χ1n) is 6.66. The Morgan fingerprint density at radius 3 is 2.75 bits per heavy atom. The van der Waals surface area contributed by atoms with Crippen molar-refractivity contribution >= 4 is 5.82 Å². The molecule has 20 heavy (non-hydrogen) atoms. The maximum absolute atomic E-state index is 12.1. The van der Waals surface area contributed by atoms with Crippen LogP contribution in [0.15, 0.2) is 47.5 Å². The van der Waals surface area contributed by atoms with Gasteiger partial charge in [-0.1, -0.05) is 18.2 Å². The zero-order valence-corrected chi connectivity index (χ0v) is 11.8. The van der Waals surface area contributed by atoms with E-state index < -0.39 is 0 Å². The summed E-state index contributed by atoms with van der Waals surface area (Å²) in [4.78, 5) is 18.1. The van der Waals surface area contributed by atoms with Gasteiger partial charge in [-0.2, -0.15) is 0 Å². The number of hydrogen-bond donors (Lipinski definition) is 0. The molecule has 0 aliphatic heterocycles. The number of likely N-dealkylation sites (N-methyl/N-ethyl adjacent to an activating group) is 1. The Hall–Kier alpha value is -2.30. The van der Waals surface area contributed by atoms with Gasteiger partial charge < -0.3 is 14.2 Å². The lowest BCUT2D eigenvalue weighted by atomic mass is 10.3. The van der Waals surface area contributed by atoms with Crippen molar-refractivity contribution in [1.82, 2.24) is 9.55 Å². The molecule has 5 heteroatoms. The number of anilines is 1. The van der Waals surface area contributed by atoms with E-state index in [2.05, 4.69) is 4.98 Å². The summed E-state index contributed by atoms with van der Waals surface area (Å²) in [6, 6.07) is 9.62. The number of ether oxygens (including phenoxy) is 1. The van der Waals surface area contributed by atoms with Crippen LogP contribution in [0.25, 0.3) is 0 Å². The topological polar surface area (TPSA) is 47.4 Å². The molecule has 0 atom stereocenters. The van der Waals surface area contributed by atoms with Gasteiger partial charge in [0.1, 0.15) is 12.4 Å². The van der Waals surface area contributed by atoms with E-state index in [1.54, 1.807) is 17.0 Å². The Morgan fingerprint density at radius 1 is 1.30 bits per heavy atom. The largest absolute Gasteiger partial charge is 0.492 e. The number of aromatic nitrogens is 2. The minimum atomic E-state index is -0.0720. The van der Waals surface area contributed by atoms with Crippen LogP contribution in [0.2, 0.25) is 0 Å². The highest BCUT2D eigenvalue weighted by Gasteiger charge is 2.09. The number of rotatable bonds is 6. The third-order valence-electron chi connectivity index (χ3n) is 3.04. The lowest BCUT2D eigenvalue weighted by Crippen LogP contribution is -2.33. The van der Waals surface area contributed by atoms with E-state index in [4.69, 9.17) is 4.74 Å². The third kappa shape index (κ3) is 3.38. The summed E-state index contributed by atoms with van der Waals surface area (Å²) < 4.78 is 7.25. The molecule has 2 rings (SSSR count). The summed E-state index contributed by atoms with van der Waals surface area (Å²) in [6.45, 7) is 3.68. The van der Waals surface area contributed by atoms with Crippen LogP contribution in [0.1, 0.15) is 6.92 Å². The smallest absolute Gasteiger partial charge is 0.293 e. The summed E-state index contributed by atoms with van der Waals surface area (Å²) in [7, 11) is 1.85. The summed E-state index contributed by atoms with van der Waals surface area (Å²) >= 11 is 0. The summed E-state index contributed by atoms with van der Waals surface area (Å²) in [5.41, 5.74) is -0.0720. The Morgan fingerprint density at radius 2 is 2.05 bits per heavy atom. The van der Waals surface area contributed by atoms with E-state index in [0.717, 1.165) is 5.75 Å². The van der Waals surface area contributed by atoms with E-state index in [1.807, 2.05) is 49.2 Å². The van der Waals surface area contributed by atoms with E-state index in [-0.39, 0.29) is 5.56 Å². The van der Waals surface area contributed by atoms with Gasteiger partial charge >= 0.3 is 0 Å². The van der Waals surface area contributed by atoms with Gasteiger partial charge in [0.2, 0.25) is 0 Å². The van der Waals surface area contributed by atoms with Crippen LogP contribution in [0.5, 0.6) is 5.75 Å². The molecular formula is C15H19N3O2. The highest BCUT2D eigenvalue weighted by molar-refractivity contribution is 5.34. The summed E-state index contributed by atoms with van der Waals surface area (Å²) in [6.07, 6.45) is 3.34. The van der Waals surface area contributed by atoms with Crippen LogP contribution < -0.4 is 15.2 Å². The second kappa shape index (κ2) is 6.75. The van der Waals surface area contributed by atoms with Crippen molar-refractivity contribution in [2.45, 2.75) is 13.5 Å². The van der Waals surface area contributed by atoms with Gasteiger partial charge in [0.15, 0.2) is 5.82 Å². The minimum Gasteiger partial charge on any atom is -0.492 e. The fourth-order valence-electron chi connectivity index (χ4n) is 1.87. The van der Waals surface area contributed by atoms with Gasteiger partial charge in [-0.3, -0.25) is 4.79 Å². The van der Waals surface area contributed by atoms with Gasteiger partial charge in [0.05, 0.1) is 6.54 Å². The fourth-order valence-corrected chi connectivity index (χ4v) is 1.87. The second-order valence-corrected chi connectivity index (χ2v) is 4.43. The normalized spacial score (nSPS) is 10.3. The van der Waals surface area contributed by atoms with Crippen molar-refractivity contribution < 1.29 is 4.74 Å². The van der Waals surface area contributed by atoms with Gasteiger partial charge in [-0.25, -0.2) is 4.98 Å². The van der Waals surface area contributed by atoms with Crippen LogP contribution in [0, 0.1) is 0 Å². The quantitative estimate of drug-likeness (QED) is 0.805. The van der Waals surface area contributed by atoms with Gasteiger partial charge in [-0.15, -0.1) is 0 Å². The molecule has 0 bridgehead atoms. The van der Waals surface area contributed by atoms with Crippen LogP contribution in [0.4, 0.5) is 5.82 Å². The first-order chi connectivity index (χ1) is 9.72. The Balaban J connectivity index is 1.95. The molecule has 1 aromatic heterocycles. The standard InChI is InChI=1S/C15H19N3O2/c1-3-18-10-9-16-14(15(18)19)17(2)11-12-20-13-7-5-4-6-8-13/h4-10H,3,11-12H2,1-2H3. The first kappa shape index (κ1) is 14.1. The zero-order chi connectivity index (χ0) is 14.4. The molecule has 0 N–H and O–H groups in total. The summed E-state index contributed by atoms with van der Waals surface area (Å²) in [5.74, 6) is 1.28. The molecule has 0 aliphatic rings. The fraction of sp³-hybridized carbons (Fsp3) is 0.333. The maximum atomic E-state index is 12.1. The van der Waals surface area contributed by atoms with Crippen LogP contribution in [-0.4, -0.2) is 29.8 Å². The second-order valence-electron chi connectivity index (χ2n) is 4.43. The molecular weight excluding hydrogens is 254 g/mol. The van der Waals surface area contributed by atoms with Crippen molar-refractivity contribution in [3.05, 3.63) is 53.1 Å². The van der Waals surface area contributed by atoms with Crippen molar-refractivity contribution in [1.29, 1.82) is 0 Å². The molecule has 0 spiro atoms. The number of hydrogen-bond acceptors (Lipinski definition) is 4. The highest BCUT2D eigenvalue weighted by atomic mass is 16.5. The molecule has 2 aromatic rings. The average Bonchev–Trinajstić information content (AvgIpc) is 2.48. The molecule has 106 valence electrons. The Kier molecular flexibility index (Phi) is 4.76. The van der Waals surface area contributed by atoms with Gasteiger partial charge in [-0.05, 0) is 19.1 Å². The predicted octanol–water partition coefficient (Wildman–Crippen LogP) is 1.78. The number of aryl methyl sites for hydroxylation is 1. The van der Waals surface area contributed by atoms with Crippen molar-refractivity contribution in [3.8, 4) is 5.75 Å². The third-order valence-corrected chi connectivity index (χ3v) is 3.04. The number of benzene rings is 1. The molecule has 0 saturated carbocycles. The van der Waals surface area contributed by atoms with E-state index in [1.165, 1.54) is 0 Å². The molecule has 5 nitrogen and oxygen atoms in total. The molecule has 1 heterocycles. The van der Waals surface area contributed by atoms with Crippen LogP contribution in [-0.2, 0) is 6.54 Å². The van der Waals surface area contributed by atoms with E-state index in [9.17, 15) is 4.79 Å². The van der Waals surface area contributed by atoms with Gasteiger partial charge in [0, 0.05) is 26.0 Å². The van der Waals surface area contributed by atoms with E-state index in [0.29, 0.717) is 25.5 Å². The average molecular weight is 273 g/mol. The number of nitrogens with zero attached hydrogens (tertiary/aromatic N) is 3. The van der Waals surface area contributed by atoms with Crippen molar-refractivity contribution in [3.63, 3.8) is 0 Å². The molecule has 0 fully saturated rings. The van der Waals surface area contributed by atoms with Crippen LogP contribution >= 0.6 is 0 Å².